The first-order valence-corrected chi connectivity index (χ1v) is 10.2. The third kappa shape index (κ3) is 33.6. The maximum Gasteiger partial charge on any atom is 0.333 e. The first-order valence-electron chi connectivity index (χ1n) is 10.2. The van der Waals surface area contributed by atoms with Crippen LogP contribution in [0.25, 0.3) is 0 Å². The molecule has 0 aliphatic rings. The number of carbonyl (C=O) groups is 4. The van der Waals surface area contributed by atoms with Crippen molar-refractivity contribution in [2.45, 2.75) is 54.4 Å². The van der Waals surface area contributed by atoms with Crippen LogP contribution in [0.15, 0.2) is 48.6 Å². The van der Waals surface area contributed by atoms with Gasteiger partial charge in [0, 0.05) is 22.3 Å². The van der Waals surface area contributed by atoms with E-state index in [2.05, 4.69) is 42.7 Å². The van der Waals surface area contributed by atoms with E-state index in [-0.39, 0.29) is 30.7 Å². The molecule has 0 saturated heterocycles. The predicted molar refractivity (Wildman–Crippen MR) is 127 cm³/mol. The zero-order valence-electron chi connectivity index (χ0n) is 20.8. The average Bonchev–Trinajstić information content (AvgIpc) is 2.73. The van der Waals surface area contributed by atoms with E-state index in [0.717, 1.165) is 12.8 Å². The number of aliphatic hydroxyl groups is 1. The van der Waals surface area contributed by atoms with Crippen LogP contribution in [-0.2, 0) is 33.4 Å². The molecule has 0 aromatic carbocycles. The van der Waals surface area contributed by atoms with Crippen LogP contribution in [0.5, 0.6) is 0 Å². The van der Waals surface area contributed by atoms with Gasteiger partial charge in [-0.1, -0.05) is 39.7 Å². The lowest BCUT2D eigenvalue weighted by Crippen LogP contribution is -2.08. The Bertz CT molecular complexity index is 649. The summed E-state index contributed by atoms with van der Waals surface area (Å²) in [5.41, 5.74) is 1.45. The van der Waals surface area contributed by atoms with Crippen molar-refractivity contribution < 1.29 is 43.6 Å². The Labute approximate surface area is 197 Å². The Hall–Kier alpha value is -3.20. The Morgan fingerprint density at radius 2 is 1.00 bits per heavy atom. The number of hydrogen-bond acceptors (Lipinski definition) is 8. The van der Waals surface area contributed by atoms with Gasteiger partial charge in [0.05, 0.1) is 19.8 Å². The van der Waals surface area contributed by atoms with E-state index in [1.54, 1.807) is 27.7 Å². The lowest BCUT2D eigenvalue weighted by atomic mass is 10.3. The van der Waals surface area contributed by atoms with Gasteiger partial charge in [0.25, 0.3) is 0 Å². The molecule has 0 bridgehead atoms. The monoisotopic (exact) mass is 472 g/mol. The van der Waals surface area contributed by atoms with Crippen molar-refractivity contribution in [2.75, 3.05) is 26.4 Å². The summed E-state index contributed by atoms with van der Waals surface area (Å²) in [6.07, 6.45) is 1.97. The van der Waals surface area contributed by atoms with Crippen LogP contribution in [0.1, 0.15) is 54.4 Å². The molecule has 0 saturated carbocycles. The highest BCUT2D eigenvalue weighted by Crippen LogP contribution is 1.94. The van der Waals surface area contributed by atoms with E-state index in [1.165, 1.54) is 6.92 Å². The van der Waals surface area contributed by atoms with Crippen molar-refractivity contribution in [1.82, 2.24) is 0 Å². The Morgan fingerprint density at radius 3 is 1.21 bits per heavy atom. The maximum absolute atomic E-state index is 10.7. The summed E-state index contributed by atoms with van der Waals surface area (Å²) >= 11 is 0. The minimum absolute atomic E-state index is 0.0473. The van der Waals surface area contributed by atoms with Gasteiger partial charge in [-0.15, -0.1) is 0 Å². The van der Waals surface area contributed by atoms with Gasteiger partial charge >= 0.3 is 23.9 Å². The van der Waals surface area contributed by atoms with Crippen LogP contribution < -0.4 is 0 Å². The molecule has 2 N–H and O–H groups in total. The molecule has 9 nitrogen and oxygen atoms in total. The summed E-state index contributed by atoms with van der Waals surface area (Å²) in [6.45, 7) is 24.3. The van der Waals surface area contributed by atoms with Gasteiger partial charge in [0.15, 0.2) is 0 Å². The highest BCUT2D eigenvalue weighted by molar-refractivity contribution is 5.87. The molecular weight excluding hydrogens is 432 g/mol. The molecule has 0 atom stereocenters. The lowest BCUT2D eigenvalue weighted by molar-refractivity contribution is -0.140. The predicted octanol–water partition coefficient (Wildman–Crippen LogP) is 3.78. The first-order chi connectivity index (χ1) is 15.2. The Balaban J connectivity index is -0.000000173. The fourth-order valence-electron chi connectivity index (χ4n) is 0.948. The zero-order valence-corrected chi connectivity index (χ0v) is 20.8. The summed E-state index contributed by atoms with van der Waals surface area (Å²) in [5.74, 6) is -1.99. The van der Waals surface area contributed by atoms with E-state index in [0.29, 0.717) is 29.9 Å². The fourth-order valence-corrected chi connectivity index (χ4v) is 0.948. The highest BCUT2D eigenvalue weighted by atomic mass is 16.5. The molecular formula is C24H40O9. The highest BCUT2D eigenvalue weighted by Gasteiger charge is 2.01. The maximum atomic E-state index is 10.7. The molecule has 9 heteroatoms. The number of carboxylic acids is 1. The normalized spacial score (nSPS) is 8.45. The van der Waals surface area contributed by atoms with Crippen molar-refractivity contribution >= 4 is 23.9 Å². The number of carbonyl (C=O) groups excluding carboxylic acids is 3. The summed E-state index contributed by atoms with van der Waals surface area (Å²) < 4.78 is 13.8. The minimum atomic E-state index is -0.935. The summed E-state index contributed by atoms with van der Waals surface area (Å²) in [6, 6.07) is 0. The van der Waals surface area contributed by atoms with Crippen molar-refractivity contribution in [3.05, 3.63) is 48.6 Å². The molecule has 0 unspecified atom stereocenters. The molecule has 0 radical (unpaired) electrons. The van der Waals surface area contributed by atoms with Crippen molar-refractivity contribution in [3.8, 4) is 0 Å². The molecule has 0 aromatic heterocycles. The molecule has 33 heavy (non-hydrogen) atoms. The van der Waals surface area contributed by atoms with Crippen molar-refractivity contribution in [1.29, 1.82) is 0 Å². The third-order valence-electron chi connectivity index (χ3n) is 2.74. The molecule has 0 aliphatic carbocycles. The fraction of sp³-hybridized carbons (Fsp3) is 0.500. The average molecular weight is 473 g/mol. The molecule has 0 amide bonds. The smallest absolute Gasteiger partial charge is 0.333 e. The molecule has 0 aromatic rings. The van der Waals surface area contributed by atoms with Gasteiger partial charge in [-0.2, -0.15) is 0 Å². The number of hydrogen-bond donors (Lipinski definition) is 2. The van der Waals surface area contributed by atoms with Crippen molar-refractivity contribution in [2.24, 2.45) is 0 Å². The largest absolute Gasteiger partial charge is 0.478 e. The number of aliphatic carboxylic acids is 1. The van der Waals surface area contributed by atoms with Crippen LogP contribution in [0.3, 0.4) is 0 Å². The van der Waals surface area contributed by atoms with Gasteiger partial charge in [-0.25, -0.2) is 19.2 Å². The Morgan fingerprint density at radius 1 is 0.667 bits per heavy atom. The van der Waals surface area contributed by atoms with E-state index >= 15 is 0 Å². The second kappa shape index (κ2) is 25.1. The molecule has 0 heterocycles. The van der Waals surface area contributed by atoms with Crippen LogP contribution in [0, 0.1) is 0 Å². The van der Waals surface area contributed by atoms with Crippen LogP contribution in [-0.4, -0.2) is 60.5 Å². The summed E-state index contributed by atoms with van der Waals surface area (Å²) in [5, 5.41) is 16.1. The summed E-state index contributed by atoms with van der Waals surface area (Å²) in [4.78, 5) is 41.2. The number of esters is 3. The second-order valence-corrected chi connectivity index (χ2v) is 6.50. The minimum Gasteiger partial charge on any atom is -0.478 e. The molecule has 190 valence electrons. The number of unbranched alkanes of at least 4 members (excludes halogenated alkanes) is 1. The quantitative estimate of drug-likeness (QED) is 0.211. The third-order valence-corrected chi connectivity index (χ3v) is 2.74. The summed E-state index contributed by atoms with van der Waals surface area (Å²) in [7, 11) is 0. The van der Waals surface area contributed by atoms with Crippen LogP contribution in [0.2, 0.25) is 0 Å². The zero-order chi connectivity index (χ0) is 27.0. The van der Waals surface area contributed by atoms with Gasteiger partial charge in [-0.3, -0.25) is 0 Å². The molecule has 0 aliphatic heterocycles. The lowest BCUT2D eigenvalue weighted by Gasteiger charge is -2.01. The van der Waals surface area contributed by atoms with Gasteiger partial charge in [-0.05, 0) is 41.0 Å². The van der Waals surface area contributed by atoms with E-state index < -0.39 is 11.9 Å². The van der Waals surface area contributed by atoms with E-state index in [1.807, 2.05) is 0 Å². The standard InChI is InChI=1S/C8H14O2.C6H10O3.C6H10O2.C4H6O2/c1-4-5-6-10-8(9)7(2)3;1-5(2)6(8)9-4-3-7;1-4-8-6(7)5(2)3;1-3(2)4(5)6/h2,4-6H2,1,3H3;7H,1,3-4H2,2H3;2,4H2,1,3H3;1H2,2H3,(H,5,6). The number of carboxylic acid groups (broad SMARTS) is 1. The van der Waals surface area contributed by atoms with Gasteiger partial charge < -0.3 is 24.4 Å². The number of ether oxygens (including phenoxy) is 3. The van der Waals surface area contributed by atoms with Gasteiger partial charge in [0.1, 0.15) is 6.61 Å². The Kier molecular flexibility index (Phi) is 28.2. The van der Waals surface area contributed by atoms with E-state index in [9.17, 15) is 19.2 Å². The second-order valence-electron chi connectivity index (χ2n) is 6.50. The number of rotatable bonds is 10. The van der Waals surface area contributed by atoms with Crippen LogP contribution in [0.4, 0.5) is 0 Å². The van der Waals surface area contributed by atoms with Crippen LogP contribution >= 0.6 is 0 Å². The molecule has 0 rings (SSSR count). The SMILES string of the molecule is C=C(C)C(=O)O.C=C(C)C(=O)OCC.C=C(C)C(=O)OCCCC.C=C(C)C(=O)OCCO. The molecule has 0 fully saturated rings. The van der Waals surface area contributed by atoms with E-state index in [4.69, 9.17) is 14.9 Å². The first kappa shape index (κ1) is 37.1. The van der Waals surface area contributed by atoms with Crippen molar-refractivity contribution in [3.63, 3.8) is 0 Å². The molecule has 0 spiro atoms. The number of aliphatic hydroxyl groups excluding tert-OH is 1. The topological polar surface area (TPSA) is 136 Å². The van der Waals surface area contributed by atoms with Gasteiger partial charge in [0.2, 0.25) is 0 Å².